The summed E-state index contributed by atoms with van der Waals surface area (Å²) in [6.45, 7) is 1.38. The summed E-state index contributed by atoms with van der Waals surface area (Å²) in [4.78, 5) is 38.7. The van der Waals surface area contributed by atoms with Gasteiger partial charge < -0.3 is 20.1 Å². The summed E-state index contributed by atoms with van der Waals surface area (Å²) < 4.78 is 5.63. The molecule has 1 heterocycles. The summed E-state index contributed by atoms with van der Waals surface area (Å²) in [5.74, 6) is -1.01. The maximum absolute atomic E-state index is 13.0. The number of piperidine rings is 1. The molecule has 180 valence electrons. The van der Waals surface area contributed by atoms with Crippen LogP contribution in [0.4, 0.5) is 4.79 Å². The van der Waals surface area contributed by atoms with Crippen molar-refractivity contribution < 1.29 is 24.2 Å². The molecule has 1 saturated carbocycles. The number of hydrogen-bond acceptors (Lipinski definition) is 4. The molecule has 2 amide bonds. The Morgan fingerprint density at radius 2 is 1.66 bits per heavy atom. The number of amides is 2. The van der Waals surface area contributed by atoms with Crippen molar-refractivity contribution in [3.05, 3.63) is 71.8 Å². The molecular formula is C28H28N2O5. The first kappa shape index (κ1) is 21.9. The van der Waals surface area contributed by atoms with E-state index in [1.54, 1.807) is 4.90 Å². The van der Waals surface area contributed by atoms with Gasteiger partial charge in [-0.3, -0.25) is 9.59 Å². The van der Waals surface area contributed by atoms with Crippen molar-refractivity contribution in [3.8, 4) is 11.1 Å². The lowest BCUT2D eigenvalue weighted by Crippen LogP contribution is -2.41. The maximum atomic E-state index is 13.0. The van der Waals surface area contributed by atoms with Gasteiger partial charge in [0.1, 0.15) is 6.61 Å². The van der Waals surface area contributed by atoms with Gasteiger partial charge in [-0.25, -0.2) is 4.79 Å². The minimum absolute atomic E-state index is 0.00146. The van der Waals surface area contributed by atoms with Crippen LogP contribution in [-0.2, 0) is 14.3 Å². The van der Waals surface area contributed by atoms with E-state index in [1.165, 1.54) is 11.1 Å². The number of ether oxygens (including phenoxy) is 1. The van der Waals surface area contributed by atoms with Crippen LogP contribution < -0.4 is 5.32 Å². The van der Waals surface area contributed by atoms with Crippen molar-refractivity contribution in [1.29, 1.82) is 0 Å². The molecule has 5 unspecified atom stereocenters. The van der Waals surface area contributed by atoms with E-state index in [2.05, 4.69) is 29.6 Å². The molecule has 2 aromatic rings. The number of carbonyl (C=O) groups is 3. The summed E-state index contributed by atoms with van der Waals surface area (Å²) in [5, 5.41) is 12.2. The van der Waals surface area contributed by atoms with Crippen molar-refractivity contribution in [1.82, 2.24) is 10.2 Å². The number of likely N-dealkylation sites (tertiary alicyclic amines) is 1. The highest BCUT2D eigenvalue weighted by atomic mass is 16.5. The topological polar surface area (TPSA) is 95.9 Å². The molecule has 2 fully saturated rings. The van der Waals surface area contributed by atoms with Gasteiger partial charge in [0.05, 0.1) is 17.9 Å². The van der Waals surface area contributed by atoms with E-state index >= 15 is 0 Å². The Bertz CT molecular complexity index is 1180. The predicted molar refractivity (Wildman–Crippen MR) is 129 cm³/mol. The van der Waals surface area contributed by atoms with Crippen LogP contribution in [-0.4, -0.2) is 53.7 Å². The fourth-order valence-electron chi connectivity index (χ4n) is 6.32. The highest BCUT2D eigenvalue weighted by molar-refractivity contribution is 5.82. The van der Waals surface area contributed by atoms with E-state index in [0.29, 0.717) is 19.5 Å². The van der Waals surface area contributed by atoms with Crippen LogP contribution >= 0.6 is 0 Å². The van der Waals surface area contributed by atoms with Crippen LogP contribution in [0.3, 0.4) is 0 Å². The minimum atomic E-state index is -0.748. The molecule has 0 spiro atoms. The molecule has 2 aromatic carbocycles. The summed E-state index contributed by atoms with van der Waals surface area (Å²) >= 11 is 0. The number of carbonyl (C=O) groups excluding carboxylic acids is 2. The number of carboxylic acids is 1. The zero-order valence-corrected chi connectivity index (χ0v) is 19.3. The average molecular weight is 473 g/mol. The molecule has 7 nitrogen and oxygen atoms in total. The van der Waals surface area contributed by atoms with Crippen LogP contribution in [0.5, 0.6) is 0 Å². The Balaban J connectivity index is 1.01. The lowest BCUT2D eigenvalue weighted by atomic mass is 9.98. The monoisotopic (exact) mass is 472 g/mol. The van der Waals surface area contributed by atoms with Crippen LogP contribution in [0.25, 0.3) is 11.1 Å². The first-order valence-electron chi connectivity index (χ1n) is 12.3. The number of nitrogens with one attached hydrogen (secondary N) is 1. The number of nitrogens with zero attached hydrogens (tertiary/aromatic N) is 1. The van der Waals surface area contributed by atoms with Crippen LogP contribution in [0.2, 0.25) is 0 Å². The number of aliphatic carboxylic acids is 1. The fraction of sp³-hybridized carbons (Fsp3) is 0.393. The molecule has 3 aliphatic carbocycles. The predicted octanol–water partition coefficient (Wildman–Crippen LogP) is 3.65. The van der Waals surface area contributed by atoms with Gasteiger partial charge in [-0.2, -0.15) is 0 Å². The molecule has 5 atom stereocenters. The van der Waals surface area contributed by atoms with Crippen molar-refractivity contribution in [2.75, 3.05) is 19.7 Å². The Morgan fingerprint density at radius 3 is 2.34 bits per heavy atom. The van der Waals surface area contributed by atoms with Crippen molar-refractivity contribution in [2.24, 2.45) is 23.7 Å². The zero-order chi connectivity index (χ0) is 24.1. The highest BCUT2D eigenvalue weighted by Gasteiger charge is 2.57. The molecule has 1 saturated heterocycles. The smallest absolute Gasteiger partial charge is 0.407 e. The standard InChI is InChI=1S/C28H28N2O5/c31-26(30-12-11-22-23(14-30)25(22)27(32)33)16-9-10-17(13-16)29-28(34)35-15-24-20-7-3-1-5-18(20)19-6-2-4-8-21(19)24/h1-10,16-17,22-25H,11-15H2,(H,29,34)(H,32,33). The van der Waals surface area contributed by atoms with E-state index in [4.69, 9.17) is 4.74 Å². The first-order chi connectivity index (χ1) is 17.0. The summed E-state index contributed by atoms with van der Waals surface area (Å²) in [5.41, 5.74) is 4.69. The van der Waals surface area contributed by atoms with Gasteiger partial charge in [0, 0.05) is 19.0 Å². The van der Waals surface area contributed by atoms with Crippen LogP contribution in [0.1, 0.15) is 29.9 Å². The van der Waals surface area contributed by atoms with E-state index in [9.17, 15) is 19.5 Å². The molecule has 35 heavy (non-hydrogen) atoms. The molecule has 0 bridgehead atoms. The Hall–Kier alpha value is -3.61. The second-order valence-corrected chi connectivity index (χ2v) is 10.1. The van der Waals surface area contributed by atoms with Crippen LogP contribution in [0.15, 0.2) is 60.7 Å². The lowest BCUT2D eigenvalue weighted by molar-refractivity contribution is -0.139. The minimum Gasteiger partial charge on any atom is -0.481 e. The van der Waals surface area contributed by atoms with Gasteiger partial charge in [-0.05, 0) is 46.9 Å². The third-order valence-electron chi connectivity index (χ3n) is 8.14. The summed E-state index contributed by atoms with van der Waals surface area (Å²) in [7, 11) is 0. The number of fused-ring (bicyclic) bond motifs is 4. The number of alkyl carbamates (subject to hydrolysis) is 1. The molecular weight excluding hydrogens is 444 g/mol. The van der Waals surface area contributed by atoms with Gasteiger partial charge >= 0.3 is 12.1 Å². The Labute approximate surface area is 203 Å². The van der Waals surface area contributed by atoms with Crippen LogP contribution in [0, 0.1) is 23.7 Å². The molecule has 0 aromatic heterocycles. The van der Waals surface area contributed by atoms with Gasteiger partial charge in [0.15, 0.2) is 0 Å². The highest BCUT2D eigenvalue weighted by Crippen LogP contribution is 2.52. The molecule has 2 N–H and O–H groups in total. The molecule has 0 radical (unpaired) electrons. The first-order valence-corrected chi connectivity index (χ1v) is 12.3. The van der Waals surface area contributed by atoms with E-state index < -0.39 is 12.1 Å². The molecule has 4 aliphatic rings. The van der Waals surface area contributed by atoms with Gasteiger partial charge in [0.25, 0.3) is 0 Å². The van der Waals surface area contributed by atoms with E-state index in [-0.39, 0.29) is 48.1 Å². The average Bonchev–Trinajstić information content (AvgIpc) is 3.26. The number of rotatable bonds is 5. The normalized spacial score (nSPS) is 28.1. The van der Waals surface area contributed by atoms with Crippen molar-refractivity contribution >= 4 is 18.0 Å². The SMILES string of the molecule is O=C(NC1C=CC(C(=O)N2CCC3C(C2)C3C(=O)O)C1)OCC1c2ccccc2-c2ccccc21. The lowest BCUT2D eigenvalue weighted by Gasteiger charge is -2.28. The third-order valence-corrected chi connectivity index (χ3v) is 8.14. The van der Waals surface area contributed by atoms with E-state index in [1.807, 2.05) is 36.4 Å². The fourth-order valence-corrected chi connectivity index (χ4v) is 6.32. The largest absolute Gasteiger partial charge is 0.481 e. The maximum Gasteiger partial charge on any atom is 0.407 e. The molecule has 7 heteroatoms. The third kappa shape index (κ3) is 3.89. The second kappa shape index (κ2) is 8.56. The van der Waals surface area contributed by atoms with Gasteiger partial charge in [0.2, 0.25) is 5.91 Å². The summed E-state index contributed by atoms with van der Waals surface area (Å²) in [6.07, 6.45) is 4.47. The molecule has 6 rings (SSSR count). The van der Waals surface area contributed by atoms with Crippen molar-refractivity contribution in [3.63, 3.8) is 0 Å². The Morgan fingerprint density at radius 1 is 0.971 bits per heavy atom. The van der Waals surface area contributed by atoms with Crippen molar-refractivity contribution in [2.45, 2.75) is 24.8 Å². The zero-order valence-electron chi connectivity index (χ0n) is 19.3. The second-order valence-electron chi connectivity index (χ2n) is 10.1. The van der Waals surface area contributed by atoms with Gasteiger partial charge in [-0.1, -0.05) is 60.7 Å². The number of benzene rings is 2. The van der Waals surface area contributed by atoms with E-state index in [0.717, 1.165) is 17.5 Å². The number of hydrogen-bond donors (Lipinski definition) is 2. The van der Waals surface area contributed by atoms with Gasteiger partial charge in [-0.15, -0.1) is 0 Å². The number of carboxylic acid groups (broad SMARTS) is 1. The quantitative estimate of drug-likeness (QED) is 0.648. The summed E-state index contributed by atoms with van der Waals surface area (Å²) in [6, 6.07) is 16.2. The molecule has 1 aliphatic heterocycles. The Kier molecular flexibility index (Phi) is 5.35.